The Morgan fingerprint density at radius 2 is 1.71 bits per heavy atom. The summed E-state index contributed by atoms with van der Waals surface area (Å²) in [7, 11) is 1.31. The fourth-order valence-corrected chi connectivity index (χ4v) is 3.31. The minimum atomic E-state index is -0.471. The van der Waals surface area contributed by atoms with Gasteiger partial charge in [-0.2, -0.15) is 0 Å². The lowest BCUT2D eigenvalue weighted by Crippen LogP contribution is -2.23. The fourth-order valence-electron chi connectivity index (χ4n) is 2.58. The molecule has 1 atom stereocenters. The van der Waals surface area contributed by atoms with Crippen molar-refractivity contribution in [2.24, 2.45) is 0 Å². The number of methoxy groups -OCH3 is 1. The van der Waals surface area contributed by atoms with Gasteiger partial charge in [-0.05, 0) is 17.7 Å². The molecule has 0 saturated heterocycles. The van der Waals surface area contributed by atoms with E-state index in [9.17, 15) is 14.4 Å². The monoisotopic (exact) mass is 401 g/mol. The van der Waals surface area contributed by atoms with Crippen LogP contribution < -0.4 is 5.32 Å². The van der Waals surface area contributed by atoms with Crippen molar-refractivity contribution in [1.29, 1.82) is 0 Å². The second kappa shape index (κ2) is 11.1. The maximum Gasteiger partial charge on any atom is 0.339 e. The molecule has 6 nitrogen and oxygen atoms in total. The Morgan fingerprint density at radius 3 is 2.39 bits per heavy atom. The lowest BCUT2D eigenvalue weighted by atomic mass is 10.1. The summed E-state index contributed by atoms with van der Waals surface area (Å²) >= 11 is 1.09. The molecular weight excluding hydrogens is 378 g/mol. The molecule has 0 aliphatic carbocycles. The maximum atomic E-state index is 12.3. The molecule has 2 aromatic rings. The van der Waals surface area contributed by atoms with Crippen molar-refractivity contribution in [1.82, 2.24) is 0 Å². The highest BCUT2D eigenvalue weighted by atomic mass is 32.2. The van der Waals surface area contributed by atoms with E-state index >= 15 is 0 Å². The lowest BCUT2D eigenvalue weighted by molar-refractivity contribution is -0.145. The van der Waals surface area contributed by atoms with Gasteiger partial charge in [-0.25, -0.2) is 4.79 Å². The van der Waals surface area contributed by atoms with Crippen molar-refractivity contribution in [3.63, 3.8) is 0 Å². The van der Waals surface area contributed by atoms with Gasteiger partial charge in [-0.15, -0.1) is 0 Å². The number of ether oxygens (including phenoxy) is 2. The van der Waals surface area contributed by atoms with Crippen molar-refractivity contribution >= 4 is 34.5 Å². The standard InChI is InChI=1S/C21H23NO5S/c1-15(23)27-17(12-16-8-4-3-5-9-16)14-28-20(24)13-22-19-11-7-6-10-18(19)21(25)26-2/h3-11,17,22H,12-14H2,1-2H3. The SMILES string of the molecule is COC(=O)c1ccccc1NCC(=O)SCC(Cc1ccccc1)OC(C)=O. The van der Waals surface area contributed by atoms with E-state index in [-0.39, 0.29) is 17.6 Å². The number of hydrogen-bond acceptors (Lipinski definition) is 7. The number of nitrogens with one attached hydrogen (secondary N) is 1. The highest BCUT2D eigenvalue weighted by molar-refractivity contribution is 8.13. The van der Waals surface area contributed by atoms with Gasteiger partial charge in [0.15, 0.2) is 0 Å². The molecule has 0 radical (unpaired) electrons. The number of para-hydroxylation sites is 1. The van der Waals surface area contributed by atoms with Crippen LogP contribution >= 0.6 is 11.8 Å². The van der Waals surface area contributed by atoms with Gasteiger partial charge in [-0.1, -0.05) is 54.2 Å². The van der Waals surface area contributed by atoms with Crippen LogP contribution in [0.3, 0.4) is 0 Å². The zero-order valence-corrected chi connectivity index (χ0v) is 16.7. The summed E-state index contributed by atoms with van der Waals surface area (Å²) in [5, 5.41) is 2.84. The smallest absolute Gasteiger partial charge is 0.339 e. The molecule has 0 fully saturated rings. The minimum absolute atomic E-state index is 0.0385. The lowest BCUT2D eigenvalue weighted by Gasteiger charge is -2.17. The zero-order chi connectivity index (χ0) is 20.4. The number of hydrogen-bond donors (Lipinski definition) is 1. The van der Waals surface area contributed by atoms with Crippen LogP contribution in [0.2, 0.25) is 0 Å². The highest BCUT2D eigenvalue weighted by Gasteiger charge is 2.17. The molecule has 0 heterocycles. The van der Waals surface area contributed by atoms with Crippen LogP contribution in [0, 0.1) is 0 Å². The van der Waals surface area contributed by atoms with Gasteiger partial charge in [0.25, 0.3) is 0 Å². The summed E-state index contributed by atoms with van der Waals surface area (Å²) in [6.07, 6.45) is 0.149. The quantitative estimate of drug-likeness (QED) is 0.646. The molecule has 28 heavy (non-hydrogen) atoms. The molecule has 2 rings (SSSR count). The van der Waals surface area contributed by atoms with Gasteiger partial charge in [0.1, 0.15) is 6.10 Å². The molecular formula is C21H23NO5S. The average molecular weight is 401 g/mol. The first-order chi connectivity index (χ1) is 13.5. The molecule has 2 aromatic carbocycles. The van der Waals surface area contributed by atoms with Crippen LogP contribution in [-0.2, 0) is 25.5 Å². The molecule has 0 bridgehead atoms. The Kier molecular flexibility index (Phi) is 8.55. The van der Waals surface area contributed by atoms with Crippen molar-refractivity contribution in [2.45, 2.75) is 19.4 Å². The van der Waals surface area contributed by atoms with Crippen molar-refractivity contribution in [3.05, 3.63) is 65.7 Å². The van der Waals surface area contributed by atoms with Gasteiger partial charge in [-0.3, -0.25) is 9.59 Å². The summed E-state index contributed by atoms with van der Waals surface area (Å²) in [6.45, 7) is 1.40. The van der Waals surface area contributed by atoms with Gasteiger partial charge >= 0.3 is 11.9 Å². The van der Waals surface area contributed by atoms with Crippen LogP contribution in [0.5, 0.6) is 0 Å². The number of esters is 2. The molecule has 0 aliphatic rings. The summed E-state index contributed by atoms with van der Waals surface area (Å²) in [5.41, 5.74) is 1.93. The summed E-state index contributed by atoms with van der Waals surface area (Å²) in [5.74, 6) is -0.492. The number of carbonyl (C=O) groups is 3. The van der Waals surface area contributed by atoms with Crippen molar-refractivity contribution in [3.8, 4) is 0 Å². The molecule has 0 spiro atoms. The largest absolute Gasteiger partial charge is 0.465 e. The molecule has 0 saturated carbocycles. The Labute approximate surface area is 168 Å². The van der Waals surface area contributed by atoms with E-state index in [1.807, 2.05) is 30.3 Å². The van der Waals surface area contributed by atoms with Gasteiger partial charge in [0, 0.05) is 24.8 Å². The number of carbonyl (C=O) groups excluding carboxylic acids is 3. The topological polar surface area (TPSA) is 81.7 Å². The average Bonchev–Trinajstić information content (AvgIpc) is 2.70. The maximum absolute atomic E-state index is 12.3. The second-order valence-corrected chi connectivity index (χ2v) is 7.07. The minimum Gasteiger partial charge on any atom is -0.465 e. The molecule has 1 unspecified atom stereocenters. The molecule has 0 amide bonds. The van der Waals surface area contributed by atoms with Gasteiger partial charge in [0.05, 0.1) is 19.2 Å². The molecule has 0 aromatic heterocycles. The predicted molar refractivity (Wildman–Crippen MR) is 109 cm³/mol. The number of rotatable bonds is 9. The van der Waals surface area contributed by atoms with Crippen LogP contribution in [0.4, 0.5) is 5.69 Å². The zero-order valence-electron chi connectivity index (χ0n) is 15.8. The Morgan fingerprint density at radius 1 is 1.04 bits per heavy atom. The third-order valence-corrected chi connectivity index (χ3v) is 4.83. The highest BCUT2D eigenvalue weighted by Crippen LogP contribution is 2.17. The van der Waals surface area contributed by atoms with E-state index in [0.717, 1.165) is 17.3 Å². The normalized spacial score (nSPS) is 11.4. The van der Waals surface area contributed by atoms with Crippen LogP contribution in [-0.4, -0.2) is 42.6 Å². The Balaban J connectivity index is 1.89. The third-order valence-electron chi connectivity index (χ3n) is 3.82. The first-order valence-corrected chi connectivity index (χ1v) is 9.76. The van der Waals surface area contributed by atoms with E-state index in [1.165, 1.54) is 14.0 Å². The number of thioether (sulfide) groups is 1. The Bertz CT molecular complexity index is 809. The summed E-state index contributed by atoms with van der Waals surface area (Å²) < 4.78 is 10.1. The first-order valence-electron chi connectivity index (χ1n) is 8.77. The van der Waals surface area contributed by atoms with E-state index in [4.69, 9.17) is 9.47 Å². The molecule has 1 N–H and O–H groups in total. The summed E-state index contributed by atoms with van der Waals surface area (Å²) in [6, 6.07) is 16.5. The van der Waals surface area contributed by atoms with E-state index in [0.29, 0.717) is 23.4 Å². The van der Waals surface area contributed by atoms with Crippen LogP contribution in [0.15, 0.2) is 54.6 Å². The van der Waals surface area contributed by atoms with Gasteiger partial charge in [0.2, 0.25) is 5.12 Å². The van der Waals surface area contributed by atoms with E-state index in [2.05, 4.69) is 5.32 Å². The number of benzene rings is 2. The third kappa shape index (κ3) is 7.08. The Hall–Kier alpha value is -2.80. The van der Waals surface area contributed by atoms with Crippen LogP contribution in [0.25, 0.3) is 0 Å². The van der Waals surface area contributed by atoms with Gasteiger partial charge < -0.3 is 14.8 Å². The summed E-state index contributed by atoms with van der Waals surface area (Å²) in [4.78, 5) is 35.4. The van der Waals surface area contributed by atoms with Crippen molar-refractivity contribution in [2.75, 3.05) is 24.7 Å². The second-order valence-electron chi connectivity index (χ2n) is 5.99. The van der Waals surface area contributed by atoms with E-state index < -0.39 is 12.1 Å². The predicted octanol–water partition coefficient (Wildman–Crippen LogP) is 3.32. The van der Waals surface area contributed by atoms with Crippen LogP contribution in [0.1, 0.15) is 22.8 Å². The van der Waals surface area contributed by atoms with Crippen molar-refractivity contribution < 1.29 is 23.9 Å². The fraction of sp³-hybridized carbons (Fsp3) is 0.286. The van der Waals surface area contributed by atoms with E-state index in [1.54, 1.807) is 24.3 Å². The molecule has 148 valence electrons. The first kappa shape index (κ1) is 21.5. The molecule has 0 aliphatic heterocycles. The molecule has 7 heteroatoms. The number of anilines is 1.